The van der Waals surface area contributed by atoms with Gasteiger partial charge >= 0.3 is 0 Å². The molecule has 8 nitrogen and oxygen atoms in total. The van der Waals surface area contributed by atoms with Gasteiger partial charge in [0.2, 0.25) is 5.91 Å². The van der Waals surface area contributed by atoms with Gasteiger partial charge in [0.1, 0.15) is 23.9 Å². The zero-order valence-electron chi connectivity index (χ0n) is 19.5. The van der Waals surface area contributed by atoms with E-state index in [4.69, 9.17) is 14.2 Å². The number of ether oxygens (including phenoxy) is 3. The van der Waals surface area contributed by atoms with E-state index in [0.29, 0.717) is 29.0 Å². The summed E-state index contributed by atoms with van der Waals surface area (Å²) in [4.78, 5) is 12.6. The highest BCUT2D eigenvalue weighted by Crippen LogP contribution is 2.26. The summed E-state index contributed by atoms with van der Waals surface area (Å²) in [6, 6.07) is 24.4. The summed E-state index contributed by atoms with van der Waals surface area (Å²) >= 11 is 1.29. The third-order valence-corrected chi connectivity index (χ3v) is 5.86. The minimum Gasteiger partial charge on any atom is -0.495 e. The summed E-state index contributed by atoms with van der Waals surface area (Å²) in [5.41, 5.74) is 1.46. The monoisotopic (exact) mass is 490 g/mol. The van der Waals surface area contributed by atoms with Gasteiger partial charge in [-0.2, -0.15) is 0 Å². The number of aromatic nitrogens is 3. The minimum absolute atomic E-state index is 0.146. The zero-order valence-corrected chi connectivity index (χ0v) is 20.3. The van der Waals surface area contributed by atoms with E-state index in [1.807, 2.05) is 78.2 Å². The van der Waals surface area contributed by atoms with Gasteiger partial charge in [0.15, 0.2) is 11.0 Å². The molecule has 0 radical (unpaired) electrons. The van der Waals surface area contributed by atoms with Crippen LogP contribution < -0.4 is 19.5 Å². The van der Waals surface area contributed by atoms with Crippen molar-refractivity contribution in [3.63, 3.8) is 0 Å². The molecule has 0 bridgehead atoms. The number of nitrogens with zero attached hydrogens (tertiary/aromatic N) is 3. The van der Waals surface area contributed by atoms with Gasteiger partial charge in [-0.3, -0.25) is 9.36 Å². The molecule has 0 aliphatic heterocycles. The lowest BCUT2D eigenvalue weighted by molar-refractivity contribution is -0.113. The highest BCUT2D eigenvalue weighted by atomic mass is 32.2. The highest BCUT2D eigenvalue weighted by Gasteiger charge is 2.17. The Morgan fingerprint density at radius 1 is 0.914 bits per heavy atom. The van der Waals surface area contributed by atoms with Gasteiger partial charge in [-0.15, -0.1) is 10.2 Å². The maximum absolute atomic E-state index is 12.6. The van der Waals surface area contributed by atoms with E-state index in [2.05, 4.69) is 15.5 Å². The lowest BCUT2D eigenvalue weighted by atomic mass is 10.3. The van der Waals surface area contributed by atoms with Gasteiger partial charge < -0.3 is 19.5 Å². The summed E-state index contributed by atoms with van der Waals surface area (Å²) in [5.74, 6) is 2.69. The summed E-state index contributed by atoms with van der Waals surface area (Å²) in [6.07, 6.45) is 0. The van der Waals surface area contributed by atoms with Crippen LogP contribution in [0.5, 0.6) is 17.2 Å². The number of benzene rings is 3. The Hall–Kier alpha value is -3.98. The number of hydrogen-bond acceptors (Lipinski definition) is 7. The van der Waals surface area contributed by atoms with Gasteiger partial charge in [0.25, 0.3) is 0 Å². The van der Waals surface area contributed by atoms with Crippen molar-refractivity contribution in [2.45, 2.75) is 18.7 Å². The number of methoxy groups -OCH3 is 1. The number of carbonyl (C=O) groups excluding carboxylic acids is 1. The van der Waals surface area contributed by atoms with E-state index in [-0.39, 0.29) is 18.3 Å². The summed E-state index contributed by atoms with van der Waals surface area (Å²) in [7, 11) is 1.57. The highest BCUT2D eigenvalue weighted by molar-refractivity contribution is 7.99. The number of thioether (sulfide) groups is 1. The van der Waals surface area contributed by atoms with Crippen LogP contribution in [0.1, 0.15) is 12.7 Å². The molecule has 0 unspecified atom stereocenters. The lowest BCUT2D eigenvalue weighted by Gasteiger charge is -2.12. The first-order valence-corrected chi connectivity index (χ1v) is 12.1. The fourth-order valence-electron chi connectivity index (χ4n) is 3.33. The Balaban J connectivity index is 1.52. The second-order valence-corrected chi connectivity index (χ2v) is 8.24. The minimum atomic E-state index is -0.178. The number of anilines is 1. The second kappa shape index (κ2) is 11.9. The van der Waals surface area contributed by atoms with Gasteiger partial charge in [0.05, 0.1) is 25.2 Å². The topological polar surface area (TPSA) is 87.5 Å². The molecular weight excluding hydrogens is 464 g/mol. The van der Waals surface area contributed by atoms with Crippen molar-refractivity contribution in [2.24, 2.45) is 0 Å². The van der Waals surface area contributed by atoms with Crippen molar-refractivity contribution in [1.82, 2.24) is 14.8 Å². The lowest BCUT2D eigenvalue weighted by Crippen LogP contribution is -2.15. The summed E-state index contributed by atoms with van der Waals surface area (Å²) in [6.45, 7) is 2.75. The van der Waals surface area contributed by atoms with Crippen LogP contribution in [-0.2, 0) is 11.4 Å². The molecule has 4 aromatic rings. The summed E-state index contributed by atoms with van der Waals surface area (Å²) in [5, 5.41) is 12.1. The molecular formula is C26H26N4O4S. The SMILES string of the molecule is CCOc1ccc(-n2c(COc3ccccc3)nnc2SCC(=O)Nc2ccccc2OC)cc1. The molecule has 0 aliphatic rings. The van der Waals surface area contributed by atoms with Crippen molar-refractivity contribution >= 4 is 23.4 Å². The van der Waals surface area contributed by atoms with E-state index < -0.39 is 0 Å². The number of carbonyl (C=O) groups is 1. The Morgan fingerprint density at radius 2 is 1.63 bits per heavy atom. The molecule has 9 heteroatoms. The molecule has 1 heterocycles. The molecule has 1 aromatic heterocycles. The van der Waals surface area contributed by atoms with Crippen LogP contribution >= 0.6 is 11.8 Å². The molecule has 1 amide bonds. The third-order valence-electron chi connectivity index (χ3n) is 4.93. The molecule has 0 saturated carbocycles. The smallest absolute Gasteiger partial charge is 0.234 e. The Bertz CT molecular complexity index is 1250. The normalized spacial score (nSPS) is 10.6. The molecule has 0 spiro atoms. The van der Waals surface area contributed by atoms with E-state index >= 15 is 0 Å². The first-order chi connectivity index (χ1) is 17.2. The number of amides is 1. The van der Waals surface area contributed by atoms with Crippen LogP contribution in [0.4, 0.5) is 5.69 Å². The van der Waals surface area contributed by atoms with E-state index in [9.17, 15) is 4.79 Å². The number of rotatable bonds is 11. The predicted molar refractivity (Wildman–Crippen MR) is 136 cm³/mol. The first-order valence-electron chi connectivity index (χ1n) is 11.1. The first kappa shape index (κ1) is 24.2. The standard InChI is InChI=1S/C26H26N4O4S/c1-3-33-21-15-13-19(14-16-21)30-24(17-34-20-9-5-4-6-10-20)28-29-26(30)35-18-25(31)27-22-11-7-8-12-23(22)32-2/h4-16H,3,17-18H2,1-2H3,(H,27,31). The van der Waals surface area contributed by atoms with Crippen LogP contribution in [0, 0.1) is 0 Å². The maximum atomic E-state index is 12.6. The molecule has 0 atom stereocenters. The number of nitrogens with one attached hydrogen (secondary N) is 1. The third kappa shape index (κ3) is 6.33. The van der Waals surface area contributed by atoms with E-state index in [1.54, 1.807) is 19.2 Å². The number of para-hydroxylation sites is 3. The van der Waals surface area contributed by atoms with Gasteiger partial charge in [-0.05, 0) is 55.5 Å². The number of hydrogen-bond donors (Lipinski definition) is 1. The molecule has 180 valence electrons. The maximum Gasteiger partial charge on any atom is 0.234 e. The van der Waals surface area contributed by atoms with Crippen LogP contribution in [0.3, 0.4) is 0 Å². The molecule has 0 saturated heterocycles. The van der Waals surface area contributed by atoms with Crippen molar-refractivity contribution in [3.8, 4) is 22.9 Å². The quantitative estimate of drug-likeness (QED) is 0.297. The molecule has 3 aromatic carbocycles. The van der Waals surface area contributed by atoms with Gasteiger partial charge in [-0.1, -0.05) is 42.1 Å². The average molecular weight is 491 g/mol. The van der Waals surface area contributed by atoms with Gasteiger partial charge in [-0.25, -0.2) is 0 Å². The molecule has 35 heavy (non-hydrogen) atoms. The Kier molecular flexibility index (Phi) is 8.24. The molecule has 4 rings (SSSR count). The van der Waals surface area contributed by atoms with Crippen molar-refractivity contribution < 1.29 is 19.0 Å². The zero-order chi connectivity index (χ0) is 24.5. The fourth-order valence-corrected chi connectivity index (χ4v) is 4.10. The van der Waals surface area contributed by atoms with E-state index in [0.717, 1.165) is 17.2 Å². The molecule has 0 fully saturated rings. The predicted octanol–water partition coefficient (Wildman–Crippen LogP) is 4.98. The van der Waals surface area contributed by atoms with Crippen LogP contribution in [0.2, 0.25) is 0 Å². The fraction of sp³-hybridized carbons (Fsp3) is 0.192. The Labute approximate surface area is 208 Å². The molecule has 0 aliphatic carbocycles. The largest absolute Gasteiger partial charge is 0.495 e. The molecule has 1 N–H and O–H groups in total. The van der Waals surface area contributed by atoms with Crippen LogP contribution in [0.25, 0.3) is 5.69 Å². The van der Waals surface area contributed by atoms with Crippen molar-refractivity contribution in [2.75, 3.05) is 24.8 Å². The van der Waals surface area contributed by atoms with Crippen molar-refractivity contribution in [3.05, 3.63) is 84.7 Å². The van der Waals surface area contributed by atoms with Crippen molar-refractivity contribution in [1.29, 1.82) is 0 Å². The Morgan fingerprint density at radius 3 is 2.37 bits per heavy atom. The summed E-state index contributed by atoms with van der Waals surface area (Å²) < 4.78 is 18.7. The van der Waals surface area contributed by atoms with Crippen LogP contribution in [-0.4, -0.2) is 40.1 Å². The van der Waals surface area contributed by atoms with Crippen LogP contribution in [0.15, 0.2) is 84.0 Å². The average Bonchev–Trinajstić information content (AvgIpc) is 3.30. The second-order valence-electron chi connectivity index (χ2n) is 7.30. The van der Waals surface area contributed by atoms with E-state index in [1.165, 1.54) is 11.8 Å². The van der Waals surface area contributed by atoms with Gasteiger partial charge in [0, 0.05) is 5.69 Å².